The minimum atomic E-state index is -0.316. The number of carbonyl (C=O) groups is 1. The molecule has 0 aromatic carbocycles. The third-order valence-corrected chi connectivity index (χ3v) is 4.16. The highest BCUT2D eigenvalue weighted by molar-refractivity contribution is 8.00. The summed E-state index contributed by atoms with van der Waals surface area (Å²) in [4.78, 5) is 12.3. The molecule has 0 bridgehead atoms. The Kier molecular flexibility index (Phi) is 4.84. The van der Waals surface area contributed by atoms with E-state index in [1.165, 1.54) is 11.8 Å². The first-order valence-electron chi connectivity index (χ1n) is 7.01. The molecule has 0 aliphatic rings. The summed E-state index contributed by atoms with van der Waals surface area (Å²) in [5, 5.41) is 18.5. The molecule has 0 saturated heterocycles. The summed E-state index contributed by atoms with van der Waals surface area (Å²) in [5.41, 5.74) is -0.246. The number of anilines is 1. The van der Waals surface area contributed by atoms with Gasteiger partial charge in [0, 0.05) is 6.07 Å². The number of aryl methyl sites for hydroxylation is 1. The van der Waals surface area contributed by atoms with Gasteiger partial charge >= 0.3 is 0 Å². The van der Waals surface area contributed by atoms with Gasteiger partial charge in [-0.05, 0) is 44.5 Å². The number of aromatic nitrogens is 5. The van der Waals surface area contributed by atoms with Crippen molar-refractivity contribution in [2.45, 2.75) is 57.0 Å². The second-order valence-electron chi connectivity index (χ2n) is 5.87. The van der Waals surface area contributed by atoms with Crippen molar-refractivity contribution < 1.29 is 9.32 Å². The van der Waals surface area contributed by atoms with Gasteiger partial charge in [0.2, 0.25) is 11.1 Å². The first-order chi connectivity index (χ1) is 10.3. The van der Waals surface area contributed by atoms with Crippen LogP contribution in [0.2, 0.25) is 0 Å². The number of amides is 1. The molecule has 22 heavy (non-hydrogen) atoms. The van der Waals surface area contributed by atoms with E-state index in [9.17, 15) is 4.79 Å². The van der Waals surface area contributed by atoms with E-state index in [1.54, 1.807) is 17.7 Å². The molecule has 1 N–H and O–H groups in total. The Hall–Kier alpha value is -1.90. The molecule has 0 spiro atoms. The number of hydrogen-bond acceptors (Lipinski definition) is 7. The van der Waals surface area contributed by atoms with E-state index >= 15 is 0 Å². The van der Waals surface area contributed by atoms with Crippen LogP contribution in [0.5, 0.6) is 0 Å². The molecular weight excluding hydrogens is 304 g/mol. The van der Waals surface area contributed by atoms with Gasteiger partial charge in [0.25, 0.3) is 0 Å². The van der Waals surface area contributed by atoms with Crippen LogP contribution in [-0.4, -0.2) is 36.5 Å². The van der Waals surface area contributed by atoms with Crippen molar-refractivity contribution in [1.29, 1.82) is 0 Å². The van der Waals surface area contributed by atoms with Gasteiger partial charge in [-0.2, -0.15) is 0 Å². The quantitative estimate of drug-likeness (QED) is 0.842. The highest BCUT2D eigenvalue weighted by atomic mass is 32.2. The number of nitrogens with one attached hydrogen (secondary N) is 1. The Morgan fingerprint density at radius 2 is 2.23 bits per heavy atom. The minimum Gasteiger partial charge on any atom is -0.360 e. The maximum absolute atomic E-state index is 12.3. The second kappa shape index (κ2) is 6.47. The van der Waals surface area contributed by atoms with E-state index in [1.807, 2.05) is 27.7 Å². The van der Waals surface area contributed by atoms with Gasteiger partial charge in [0.1, 0.15) is 5.76 Å². The number of nitrogens with zero attached hydrogens (tertiary/aromatic N) is 5. The molecule has 0 aliphatic carbocycles. The third-order valence-electron chi connectivity index (χ3n) is 2.87. The molecule has 0 aliphatic heterocycles. The number of rotatable bonds is 5. The third kappa shape index (κ3) is 3.85. The van der Waals surface area contributed by atoms with Gasteiger partial charge in [-0.3, -0.25) is 4.79 Å². The van der Waals surface area contributed by atoms with Crippen molar-refractivity contribution in [3.05, 3.63) is 11.8 Å². The lowest BCUT2D eigenvalue weighted by molar-refractivity contribution is -0.115. The summed E-state index contributed by atoms with van der Waals surface area (Å²) >= 11 is 1.34. The molecule has 1 amide bonds. The maximum Gasteiger partial charge on any atom is 0.239 e. The molecular formula is C13H20N6O2S. The summed E-state index contributed by atoms with van der Waals surface area (Å²) in [6.45, 7) is 9.73. The summed E-state index contributed by atoms with van der Waals surface area (Å²) in [5.74, 6) is 0.911. The van der Waals surface area contributed by atoms with Crippen LogP contribution in [0, 0.1) is 6.92 Å². The molecule has 0 fully saturated rings. The Morgan fingerprint density at radius 1 is 1.50 bits per heavy atom. The molecule has 1 atom stereocenters. The molecule has 8 nitrogen and oxygen atoms in total. The van der Waals surface area contributed by atoms with E-state index in [-0.39, 0.29) is 16.7 Å². The van der Waals surface area contributed by atoms with E-state index < -0.39 is 0 Å². The van der Waals surface area contributed by atoms with Crippen molar-refractivity contribution in [1.82, 2.24) is 25.4 Å². The summed E-state index contributed by atoms with van der Waals surface area (Å²) in [6, 6.07) is 1.68. The largest absolute Gasteiger partial charge is 0.360 e. The highest BCUT2D eigenvalue weighted by Gasteiger charge is 2.26. The lowest BCUT2D eigenvalue weighted by Gasteiger charge is -2.21. The first-order valence-corrected chi connectivity index (χ1v) is 7.89. The van der Waals surface area contributed by atoms with Crippen LogP contribution in [0.25, 0.3) is 0 Å². The molecule has 2 aromatic rings. The van der Waals surface area contributed by atoms with Crippen LogP contribution in [0.15, 0.2) is 15.7 Å². The van der Waals surface area contributed by atoms with Crippen molar-refractivity contribution in [2.24, 2.45) is 0 Å². The van der Waals surface area contributed by atoms with Gasteiger partial charge in [0.15, 0.2) is 5.82 Å². The molecule has 0 radical (unpaired) electrons. The molecule has 9 heteroatoms. The van der Waals surface area contributed by atoms with Gasteiger partial charge in [-0.1, -0.05) is 23.8 Å². The highest BCUT2D eigenvalue weighted by Crippen LogP contribution is 2.27. The molecule has 120 valence electrons. The summed E-state index contributed by atoms with van der Waals surface area (Å²) in [7, 11) is 0. The fourth-order valence-electron chi connectivity index (χ4n) is 1.75. The Labute approximate surface area is 133 Å². The molecule has 1 unspecified atom stereocenters. The van der Waals surface area contributed by atoms with Crippen molar-refractivity contribution in [3.63, 3.8) is 0 Å². The van der Waals surface area contributed by atoms with Crippen LogP contribution in [0.1, 0.15) is 39.9 Å². The van der Waals surface area contributed by atoms with Gasteiger partial charge in [-0.25, -0.2) is 4.68 Å². The standard InChI is InChI=1S/C13H20N6O2S/c1-6-9(11(20)14-10-7-8(2)21-16-10)22-12-15-17-18-19(12)13(3,4)5/h7,9H,6H2,1-5H3,(H,14,16,20). The number of thioether (sulfide) groups is 1. The average molecular weight is 324 g/mol. The fourth-order valence-corrected chi connectivity index (χ4v) is 2.84. The molecule has 2 heterocycles. The topological polar surface area (TPSA) is 98.7 Å². The number of tetrazole rings is 1. The average Bonchev–Trinajstić information content (AvgIpc) is 3.04. The van der Waals surface area contributed by atoms with Crippen molar-refractivity contribution in [2.75, 3.05) is 5.32 Å². The molecule has 2 aromatic heterocycles. The fraction of sp³-hybridized carbons (Fsp3) is 0.615. The Balaban J connectivity index is 2.09. The van der Waals surface area contributed by atoms with Crippen LogP contribution < -0.4 is 5.32 Å². The zero-order valence-corrected chi connectivity index (χ0v) is 14.1. The predicted octanol–water partition coefficient (Wildman–Crippen LogP) is 2.23. The normalized spacial score (nSPS) is 13.1. The zero-order valence-electron chi connectivity index (χ0n) is 13.3. The van der Waals surface area contributed by atoms with Crippen LogP contribution >= 0.6 is 11.8 Å². The predicted molar refractivity (Wildman–Crippen MR) is 82.6 cm³/mol. The van der Waals surface area contributed by atoms with E-state index in [0.717, 1.165) is 0 Å². The lowest BCUT2D eigenvalue weighted by atomic mass is 10.1. The first kappa shape index (κ1) is 16.5. The van der Waals surface area contributed by atoms with E-state index in [2.05, 4.69) is 26.0 Å². The Morgan fingerprint density at radius 3 is 2.77 bits per heavy atom. The van der Waals surface area contributed by atoms with Gasteiger partial charge in [0.05, 0.1) is 10.8 Å². The maximum atomic E-state index is 12.3. The monoisotopic (exact) mass is 324 g/mol. The SMILES string of the molecule is CCC(Sc1nnnn1C(C)(C)C)C(=O)Nc1cc(C)on1. The number of carbonyl (C=O) groups excluding carboxylic acids is 1. The molecule has 2 rings (SSSR count). The lowest BCUT2D eigenvalue weighted by Crippen LogP contribution is -2.28. The smallest absolute Gasteiger partial charge is 0.239 e. The second-order valence-corrected chi connectivity index (χ2v) is 7.04. The van der Waals surface area contributed by atoms with Crippen LogP contribution in [0.3, 0.4) is 0 Å². The van der Waals surface area contributed by atoms with Crippen molar-refractivity contribution in [3.8, 4) is 0 Å². The van der Waals surface area contributed by atoms with E-state index in [4.69, 9.17) is 4.52 Å². The summed E-state index contributed by atoms with van der Waals surface area (Å²) < 4.78 is 6.66. The van der Waals surface area contributed by atoms with Crippen LogP contribution in [-0.2, 0) is 10.3 Å². The van der Waals surface area contributed by atoms with Crippen molar-refractivity contribution >= 4 is 23.5 Å². The zero-order chi connectivity index (χ0) is 16.3. The Bertz CT molecular complexity index is 645. The molecule has 0 saturated carbocycles. The van der Waals surface area contributed by atoms with Gasteiger partial charge < -0.3 is 9.84 Å². The summed E-state index contributed by atoms with van der Waals surface area (Å²) in [6.07, 6.45) is 0.643. The van der Waals surface area contributed by atoms with E-state index in [0.29, 0.717) is 23.2 Å². The van der Waals surface area contributed by atoms with Crippen LogP contribution in [0.4, 0.5) is 5.82 Å². The minimum absolute atomic E-state index is 0.149. The number of hydrogen-bond donors (Lipinski definition) is 1. The van der Waals surface area contributed by atoms with Gasteiger partial charge in [-0.15, -0.1) is 5.10 Å².